The van der Waals surface area contributed by atoms with Crippen LogP contribution >= 0.6 is 11.6 Å². The molecule has 1 unspecified atom stereocenters. The van der Waals surface area contributed by atoms with Gasteiger partial charge in [0.15, 0.2) is 0 Å². The molecule has 5 rings (SSSR count). The number of aromatic nitrogens is 2. The van der Waals surface area contributed by atoms with E-state index < -0.39 is 10.0 Å². The number of hydrogen-bond acceptors (Lipinski definition) is 5. The minimum Gasteiger partial charge on any atom is -0.420 e. The minimum absolute atomic E-state index is 0.0669. The largest absolute Gasteiger partial charge is 0.420 e. The molecule has 0 amide bonds. The van der Waals surface area contributed by atoms with E-state index in [1.807, 2.05) is 37.3 Å². The third-order valence-electron chi connectivity index (χ3n) is 6.45. The van der Waals surface area contributed by atoms with Crippen LogP contribution in [-0.2, 0) is 10.0 Å². The third-order valence-corrected chi connectivity index (χ3v) is 8.75. The van der Waals surface area contributed by atoms with Crippen LogP contribution in [0.2, 0.25) is 5.02 Å². The normalized spacial score (nSPS) is 21.1. The number of nitrogens with zero attached hydrogens (tertiary/aromatic N) is 3. The number of aryl methyl sites for hydroxylation is 1. The Morgan fingerprint density at radius 2 is 1.83 bits per heavy atom. The molecule has 30 heavy (non-hydrogen) atoms. The standard InChI is InChI=1S/C22H22ClN3O3S/c1-15-7-8-17(13-19(15)23)30(27,28)26-11-9-22(10-12-26)14-18(22)21-25-24-20(29-21)16-5-3-2-4-6-16/h2-8,13,18H,9-12,14H2,1H3. The summed E-state index contributed by atoms with van der Waals surface area (Å²) >= 11 is 6.14. The highest BCUT2D eigenvalue weighted by Gasteiger charge is 2.58. The Balaban J connectivity index is 1.28. The van der Waals surface area contributed by atoms with Gasteiger partial charge in [-0.1, -0.05) is 35.9 Å². The van der Waals surface area contributed by atoms with Crippen LogP contribution in [0.4, 0.5) is 0 Å². The molecule has 2 fully saturated rings. The zero-order chi connectivity index (χ0) is 20.9. The molecule has 1 saturated heterocycles. The number of piperidine rings is 1. The molecule has 0 bridgehead atoms. The molecule has 6 nitrogen and oxygen atoms in total. The van der Waals surface area contributed by atoms with Gasteiger partial charge in [-0.3, -0.25) is 0 Å². The van der Waals surface area contributed by atoms with Gasteiger partial charge >= 0.3 is 0 Å². The Labute approximate surface area is 180 Å². The average Bonchev–Trinajstić information content (AvgIpc) is 3.22. The molecule has 0 radical (unpaired) electrons. The van der Waals surface area contributed by atoms with Crippen molar-refractivity contribution >= 4 is 21.6 Å². The Morgan fingerprint density at radius 3 is 2.53 bits per heavy atom. The molecule has 2 aromatic carbocycles. The third kappa shape index (κ3) is 3.35. The zero-order valence-electron chi connectivity index (χ0n) is 16.6. The summed E-state index contributed by atoms with van der Waals surface area (Å²) in [6.45, 7) is 2.84. The van der Waals surface area contributed by atoms with Gasteiger partial charge < -0.3 is 4.42 Å². The molecule has 1 aliphatic carbocycles. The molecule has 1 aliphatic heterocycles. The first-order valence-electron chi connectivity index (χ1n) is 10.0. The highest BCUT2D eigenvalue weighted by molar-refractivity contribution is 7.89. The van der Waals surface area contributed by atoms with Crippen molar-refractivity contribution in [3.63, 3.8) is 0 Å². The highest BCUT2D eigenvalue weighted by Crippen LogP contribution is 2.64. The Hall–Kier alpha value is -2.22. The fourth-order valence-electron chi connectivity index (χ4n) is 4.38. The van der Waals surface area contributed by atoms with Crippen molar-refractivity contribution in [2.75, 3.05) is 13.1 Å². The quantitative estimate of drug-likeness (QED) is 0.586. The maximum atomic E-state index is 13.0. The van der Waals surface area contributed by atoms with Crippen molar-refractivity contribution in [2.24, 2.45) is 5.41 Å². The van der Waals surface area contributed by atoms with Crippen LogP contribution in [0.25, 0.3) is 11.5 Å². The lowest BCUT2D eigenvalue weighted by atomic mass is 9.92. The first kappa shape index (κ1) is 19.7. The summed E-state index contributed by atoms with van der Waals surface area (Å²) in [6.07, 6.45) is 2.55. The Morgan fingerprint density at radius 1 is 1.10 bits per heavy atom. The summed E-state index contributed by atoms with van der Waals surface area (Å²) in [5.74, 6) is 1.40. The van der Waals surface area contributed by atoms with Crippen LogP contribution in [0, 0.1) is 12.3 Å². The predicted molar refractivity (Wildman–Crippen MR) is 114 cm³/mol. The zero-order valence-corrected chi connectivity index (χ0v) is 18.2. The monoisotopic (exact) mass is 443 g/mol. The lowest BCUT2D eigenvalue weighted by molar-refractivity contribution is 0.246. The molecule has 3 aromatic rings. The Kier molecular flexibility index (Phi) is 4.72. The van der Waals surface area contributed by atoms with Crippen LogP contribution < -0.4 is 0 Å². The van der Waals surface area contributed by atoms with Gasteiger partial charge in [0, 0.05) is 29.6 Å². The van der Waals surface area contributed by atoms with Gasteiger partial charge in [0.1, 0.15) is 0 Å². The summed E-state index contributed by atoms with van der Waals surface area (Å²) in [7, 11) is -3.54. The molecular formula is C22H22ClN3O3S. The van der Waals surface area contributed by atoms with Gasteiger partial charge in [0.05, 0.1) is 4.90 Å². The van der Waals surface area contributed by atoms with Crippen LogP contribution in [0.15, 0.2) is 57.8 Å². The van der Waals surface area contributed by atoms with Crippen molar-refractivity contribution in [3.8, 4) is 11.5 Å². The molecule has 1 atom stereocenters. The number of hydrogen-bond donors (Lipinski definition) is 0. The van der Waals surface area contributed by atoms with Gasteiger partial charge in [-0.2, -0.15) is 4.31 Å². The van der Waals surface area contributed by atoms with E-state index in [9.17, 15) is 8.42 Å². The fraction of sp³-hybridized carbons (Fsp3) is 0.364. The smallest absolute Gasteiger partial charge is 0.247 e. The van der Waals surface area contributed by atoms with Crippen LogP contribution in [0.3, 0.4) is 0 Å². The maximum Gasteiger partial charge on any atom is 0.247 e. The number of halogens is 1. The number of benzene rings is 2. The van der Waals surface area contributed by atoms with Crippen LogP contribution in [-0.4, -0.2) is 36.0 Å². The van der Waals surface area contributed by atoms with Crippen molar-refractivity contribution in [1.29, 1.82) is 0 Å². The number of rotatable bonds is 4. The van der Waals surface area contributed by atoms with E-state index in [4.69, 9.17) is 16.0 Å². The molecule has 1 spiro atoms. The molecule has 0 N–H and O–H groups in total. The van der Waals surface area contributed by atoms with Gasteiger partial charge in [-0.05, 0) is 61.4 Å². The molecule has 156 valence electrons. The van der Waals surface area contributed by atoms with Gasteiger partial charge in [-0.15, -0.1) is 10.2 Å². The molecular weight excluding hydrogens is 422 g/mol. The minimum atomic E-state index is -3.54. The van der Waals surface area contributed by atoms with E-state index in [-0.39, 0.29) is 16.2 Å². The van der Waals surface area contributed by atoms with Crippen LogP contribution in [0.1, 0.15) is 36.6 Å². The first-order chi connectivity index (χ1) is 14.4. The first-order valence-corrected chi connectivity index (χ1v) is 11.9. The maximum absolute atomic E-state index is 13.0. The molecule has 1 saturated carbocycles. The van der Waals surface area contributed by atoms with Crippen molar-refractivity contribution < 1.29 is 12.8 Å². The average molecular weight is 444 g/mol. The summed E-state index contributed by atoms with van der Waals surface area (Å²) in [5.41, 5.74) is 1.84. The predicted octanol–water partition coefficient (Wildman–Crippen LogP) is 4.66. The summed E-state index contributed by atoms with van der Waals surface area (Å²) in [5, 5.41) is 8.94. The van der Waals surface area contributed by atoms with Crippen molar-refractivity contribution in [2.45, 2.75) is 37.0 Å². The van der Waals surface area contributed by atoms with E-state index in [0.717, 1.165) is 30.4 Å². The summed E-state index contributed by atoms with van der Waals surface area (Å²) in [6, 6.07) is 14.6. The molecule has 8 heteroatoms. The molecule has 2 heterocycles. The number of sulfonamides is 1. The second-order valence-corrected chi connectivity index (χ2v) is 10.6. The molecule has 2 aliphatic rings. The van der Waals surface area contributed by atoms with Gasteiger partial charge in [-0.25, -0.2) is 8.42 Å². The topological polar surface area (TPSA) is 76.3 Å². The lowest BCUT2D eigenvalue weighted by Crippen LogP contribution is -2.39. The summed E-state index contributed by atoms with van der Waals surface area (Å²) in [4.78, 5) is 0.255. The van der Waals surface area contributed by atoms with E-state index in [1.54, 1.807) is 22.5 Å². The van der Waals surface area contributed by atoms with E-state index in [0.29, 0.717) is 29.9 Å². The highest BCUT2D eigenvalue weighted by atomic mass is 35.5. The van der Waals surface area contributed by atoms with Crippen molar-refractivity contribution in [3.05, 3.63) is 65.0 Å². The SMILES string of the molecule is Cc1ccc(S(=O)(=O)N2CCC3(CC2)CC3c2nnc(-c3ccccc3)o2)cc1Cl. The van der Waals surface area contributed by atoms with E-state index in [2.05, 4.69) is 10.2 Å². The van der Waals surface area contributed by atoms with E-state index >= 15 is 0 Å². The van der Waals surface area contributed by atoms with Crippen LogP contribution in [0.5, 0.6) is 0 Å². The van der Waals surface area contributed by atoms with Gasteiger partial charge in [0.25, 0.3) is 0 Å². The van der Waals surface area contributed by atoms with Gasteiger partial charge in [0.2, 0.25) is 21.8 Å². The fourth-order valence-corrected chi connectivity index (χ4v) is 6.09. The lowest BCUT2D eigenvalue weighted by Gasteiger charge is -2.31. The molecule has 1 aromatic heterocycles. The van der Waals surface area contributed by atoms with Crippen molar-refractivity contribution in [1.82, 2.24) is 14.5 Å². The summed E-state index contributed by atoms with van der Waals surface area (Å²) < 4.78 is 33.5. The second-order valence-electron chi connectivity index (χ2n) is 8.25. The Bertz CT molecular complexity index is 1190. The second kappa shape index (κ2) is 7.18. The van der Waals surface area contributed by atoms with E-state index in [1.165, 1.54) is 0 Å².